The summed E-state index contributed by atoms with van der Waals surface area (Å²) < 4.78 is 0. The Morgan fingerprint density at radius 3 is 2.35 bits per heavy atom. The van der Waals surface area contributed by atoms with Gasteiger partial charge in [-0.1, -0.05) is 39.5 Å². The first kappa shape index (κ1) is 12.9. The van der Waals surface area contributed by atoms with E-state index >= 15 is 0 Å². The zero-order valence-corrected chi connectivity index (χ0v) is 11.4. The fourth-order valence-electron chi connectivity index (χ4n) is 3.35. The average Bonchev–Trinajstić information content (AvgIpc) is 2.57. The molecular formula is C15H26N2. The summed E-state index contributed by atoms with van der Waals surface area (Å²) in [6, 6.07) is 3.31. The minimum Gasteiger partial charge on any atom is -0.299 e. The van der Waals surface area contributed by atoms with Gasteiger partial charge in [-0.3, -0.25) is 4.90 Å². The molecule has 0 amide bonds. The molecule has 2 fully saturated rings. The summed E-state index contributed by atoms with van der Waals surface area (Å²) in [5, 5.41) is 9.32. The van der Waals surface area contributed by atoms with Gasteiger partial charge in [0.2, 0.25) is 0 Å². The van der Waals surface area contributed by atoms with E-state index in [4.69, 9.17) is 0 Å². The van der Waals surface area contributed by atoms with Crippen LogP contribution in [0.15, 0.2) is 0 Å². The Bertz CT molecular complexity index is 282. The van der Waals surface area contributed by atoms with Crippen LogP contribution < -0.4 is 0 Å². The van der Waals surface area contributed by atoms with Crippen LogP contribution >= 0.6 is 0 Å². The first-order valence-electron chi connectivity index (χ1n) is 7.27. The Kier molecular flexibility index (Phi) is 4.09. The van der Waals surface area contributed by atoms with Gasteiger partial charge < -0.3 is 0 Å². The van der Waals surface area contributed by atoms with Crippen LogP contribution in [0.2, 0.25) is 0 Å². The van der Waals surface area contributed by atoms with E-state index in [1.54, 1.807) is 0 Å². The first-order valence-corrected chi connectivity index (χ1v) is 7.27. The van der Waals surface area contributed by atoms with Gasteiger partial charge in [-0.15, -0.1) is 0 Å². The number of hydrogen-bond acceptors (Lipinski definition) is 2. The third-order valence-corrected chi connectivity index (χ3v) is 4.90. The molecule has 0 aromatic carbocycles. The predicted octanol–water partition coefficient (Wildman–Crippen LogP) is 3.58. The van der Waals surface area contributed by atoms with E-state index in [9.17, 15) is 5.26 Å². The number of nitriles is 1. The van der Waals surface area contributed by atoms with Crippen molar-refractivity contribution in [3.8, 4) is 6.07 Å². The fraction of sp³-hybridized carbons (Fsp3) is 0.933. The monoisotopic (exact) mass is 234 g/mol. The van der Waals surface area contributed by atoms with Crippen molar-refractivity contribution < 1.29 is 0 Å². The highest BCUT2D eigenvalue weighted by Crippen LogP contribution is 2.37. The summed E-state index contributed by atoms with van der Waals surface area (Å²) >= 11 is 0. The molecule has 2 rings (SSSR count). The minimum absolute atomic E-state index is 0.218. The second-order valence-electron chi connectivity index (χ2n) is 6.56. The third-order valence-electron chi connectivity index (χ3n) is 4.90. The highest BCUT2D eigenvalue weighted by atomic mass is 15.2. The molecule has 1 atom stereocenters. The van der Waals surface area contributed by atoms with Gasteiger partial charge in [0.25, 0.3) is 0 Å². The van der Waals surface area contributed by atoms with Crippen molar-refractivity contribution in [2.24, 2.45) is 11.3 Å². The molecule has 0 radical (unpaired) electrons. The average molecular weight is 234 g/mol. The molecule has 96 valence electrons. The number of rotatable bonds is 1. The highest BCUT2D eigenvalue weighted by molar-refractivity contribution is 4.99. The molecule has 2 aliphatic rings. The van der Waals surface area contributed by atoms with E-state index in [0.717, 1.165) is 12.6 Å². The topological polar surface area (TPSA) is 27.0 Å². The summed E-state index contributed by atoms with van der Waals surface area (Å²) in [5.41, 5.74) is 0.218. The van der Waals surface area contributed by atoms with Crippen LogP contribution in [0.1, 0.15) is 58.8 Å². The molecule has 1 unspecified atom stereocenters. The van der Waals surface area contributed by atoms with Crippen molar-refractivity contribution in [2.45, 2.75) is 64.8 Å². The van der Waals surface area contributed by atoms with Gasteiger partial charge in [0.05, 0.1) is 12.0 Å². The second-order valence-corrected chi connectivity index (χ2v) is 6.56. The minimum atomic E-state index is 0.218. The van der Waals surface area contributed by atoms with Crippen molar-refractivity contribution in [3.63, 3.8) is 0 Å². The lowest BCUT2D eigenvalue weighted by Crippen LogP contribution is -2.48. The standard InChI is InChI=1S/C15H26N2/c1-15(2)9-10-17(12-13(15)11-16)14-7-5-3-4-6-8-14/h13-14H,3-10,12H2,1-2H3. The molecule has 0 spiro atoms. The molecule has 1 saturated heterocycles. The van der Waals surface area contributed by atoms with Crippen molar-refractivity contribution in [1.29, 1.82) is 5.26 Å². The summed E-state index contributed by atoms with van der Waals surface area (Å²) in [5.74, 6) is 0.222. The largest absolute Gasteiger partial charge is 0.299 e. The Labute approximate surface area is 106 Å². The molecule has 1 saturated carbocycles. The molecule has 0 aromatic rings. The Morgan fingerprint density at radius 1 is 1.12 bits per heavy atom. The zero-order chi connectivity index (χ0) is 12.3. The van der Waals surface area contributed by atoms with Gasteiger partial charge in [-0.05, 0) is 31.2 Å². The maximum atomic E-state index is 9.32. The van der Waals surface area contributed by atoms with Crippen LogP contribution in [0.4, 0.5) is 0 Å². The molecule has 2 nitrogen and oxygen atoms in total. The smallest absolute Gasteiger partial charge is 0.0674 e. The zero-order valence-electron chi connectivity index (χ0n) is 11.4. The summed E-state index contributed by atoms with van der Waals surface area (Å²) in [7, 11) is 0. The van der Waals surface area contributed by atoms with Crippen LogP contribution in [0.3, 0.4) is 0 Å². The lowest BCUT2D eigenvalue weighted by molar-refractivity contribution is 0.0542. The highest BCUT2D eigenvalue weighted by Gasteiger charge is 2.37. The number of piperidine rings is 1. The van der Waals surface area contributed by atoms with Gasteiger partial charge in [-0.25, -0.2) is 0 Å². The van der Waals surface area contributed by atoms with Crippen LogP contribution in [0.5, 0.6) is 0 Å². The van der Waals surface area contributed by atoms with Crippen LogP contribution in [0, 0.1) is 22.7 Å². The van der Waals surface area contributed by atoms with Gasteiger partial charge in [0.15, 0.2) is 0 Å². The second kappa shape index (κ2) is 5.40. The van der Waals surface area contributed by atoms with Crippen molar-refractivity contribution in [3.05, 3.63) is 0 Å². The molecule has 17 heavy (non-hydrogen) atoms. The molecule has 0 bridgehead atoms. The lowest BCUT2D eigenvalue weighted by atomic mass is 9.73. The Hall–Kier alpha value is -0.550. The predicted molar refractivity (Wildman–Crippen MR) is 70.6 cm³/mol. The first-order chi connectivity index (χ1) is 8.13. The molecule has 0 N–H and O–H groups in total. The van der Waals surface area contributed by atoms with Gasteiger partial charge in [0, 0.05) is 12.6 Å². The SMILES string of the molecule is CC1(C)CCN(C2CCCCCC2)CC1C#N. The molecule has 0 aromatic heterocycles. The van der Waals surface area contributed by atoms with Crippen LogP contribution in [-0.4, -0.2) is 24.0 Å². The van der Waals surface area contributed by atoms with Crippen LogP contribution in [0.25, 0.3) is 0 Å². The quantitative estimate of drug-likeness (QED) is 0.648. The van der Waals surface area contributed by atoms with Crippen molar-refractivity contribution in [1.82, 2.24) is 4.90 Å². The van der Waals surface area contributed by atoms with E-state index in [-0.39, 0.29) is 11.3 Å². The Balaban J connectivity index is 1.97. The fourth-order valence-corrected chi connectivity index (χ4v) is 3.35. The van der Waals surface area contributed by atoms with Gasteiger partial charge >= 0.3 is 0 Å². The van der Waals surface area contributed by atoms with E-state index in [1.165, 1.54) is 51.5 Å². The molecular weight excluding hydrogens is 208 g/mol. The maximum absolute atomic E-state index is 9.32. The summed E-state index contributed by atoms with van der Waals surface area (Å²) in [6.45, 7) is 6.72. The van der Waals surface area contributed by atoms with E-state index < -0.39 is 0 Å². The van der Waals surface area contributed by atoms with E-state index in [2.05, 4.69) is 24.8 Å². The molecule has 2 heteroatoms. The maximum Gasteiger partial charge on any atom is 0.0674 e. The third kappa shape index (κ3) is 3.01. The Morgan fingerprint density at radius 2 is 1.76 bits per heavy atom. The summed E-state index contributed by atoms with van der Waals surface area (Å²) in [4.78, 5) is 2.62. The number of hydrogen-bond donors (Lipinski definition) is 0. The van der Waals surface area contributed by atoms with Crippen LogP contribution in [-0.2, 0) is 0 Å². The van der Waals surface area contributed by atoms with E-state index in [1.807, 2.05) is 0 Å². The van der Waals surface area contributed by atoms with Gasteiger partial charge in [0.1, 0.15) is 0 Å². The van der Waals surface area contributed by atoms with Crippen molar-refractivity contribution >= 4 is 0 Å². The lowest BCUT2D eigenvalue weighted by Gasteiger charge is -2.44. The summed E-state index contributed by atoms with van der Waals surface area (Å²) in [6.07, 6.45) is 9.51. The van der Waals surface area contributed by atoms with Gasteiger partial charge in [-0.2, -0.15) is 5.26 Å². The van der Waals surface area contributed by atoms with Crippen molar-refractivity contribution in [2.75, 3.05) is 13.1 Å². The number of nitrogens with zero attached hydrogens (tertiary/aromatic N) is 2. The number of likely N-dealkylation sites (tertiary alicyclic amines) is 1. The normalized spacial score (nSPS) is 31.7. The molecule has 1 aliphatic carbocycles. The molecule has 1 aliphatic heterocycles. The molecule has 1 heterocycles. The van der Waals surface area contributed by atoms with E-state index in [0.29, 0.717) is 0 Å².